The van der Waals surface area contributed by atoms with Crippen molar-refractivity contribution in [2.75, 3.05) is 13.7 Å². The van der Waals surface area contributed by atoms with Crippen molar-refractivity contribution in [3.05, 3.63) is 0 Å². The highest BCUT2D eigenvalue weighted by Gasteiger charge is 2.61. The normalized spacial score (nSPS) is 35.4. The summed E-state index contributed by atoms with van der Waals surface area (Å²) in [4.78, 5) is 13.3. The van der Waals surface area contributed by atoms with E-state index in [0.29, 0.717) is 16.9 Å². The van der Waals surface area contributed by atoms with Crippen LogP contribution in [0.4, 0.5) is 4.79 Å². The average Bonchev–Trinajstić information content (AvgIpc) is 2.54. The van der Waals surface area contributed by atoms with Crippen molar-refractivity contribution < 1.29 is 9.53 Å². The minimum atomic E-state index is -0.154. The number of carbonyl (C=O) groups is 1. The molecule has 3 aliphatic rings. The molecule has 0 atom stereocenters. The van der Waals surface area contributed by atoms with E-state index in [-0.39, 0.29) is 6.09 Å². The molecule has 2 heterocycles. The summed E-state index contributed by atoms with van der Waals surface area (Å²) in [6.45, 7) is 7.69. The molecule has 0 radical (unpaired) electrons. The zero-order valence-corrected chi connectivity index (χ0v) is 9.46. The van der Waals surface area contributed by atoms with E-state index in [1.165, 1.54) is 7.11 Å². The minimum Gasteiger partial charge on any atom is -0.453 e. The lowest BCUT2D eigenvalue weighted by Gasteiger charge is -2.47. The standard InChI is InChI=1S/C11H19NO2/c1-10(2,3)11-5-8(6-11)12(7-11)9(13)14-4/h8H,5-7H2,1-4H3. The predicted molar refractivity (Wildman–Crippen MR) is 54.0 cm³/mol. The smallest absolute Gasteiger partial charge is 0.409 e. The zero-order valence-electron chi connectivity index (χ0n) is 9.46. The second-order valence-electron chi connectivity index (χ2n) is 5.69. The monoisotopic (exact) mass is 197 g/mol. The van der Waals surface area contributed by atoms with Gasteiger partial charge in [0.05, 0.1) is 7.11 Å². The van der Waals surface area contributed by atoms with Crippen LogP contribution in [0.1, 0.15) is 33.6 Å². The van der Waals surface area contributed by atoms with E-state index >= 15 is 0 Å². The Hall–Kier alpha value is -0.730. The molecule has 0 aromatic carbocycles. The molecular formula is C11H19NO2. The molecule has 0 N–H and O–H groups in total. The number of amides is 1. The van der Waals surface area contributed by atoms with Gasteiger partial charge in [-0.05, 0) is 23.7 Å². The molecule has 1 saturated carbocycles. The molecule has 1 aliphatic carbocycles. The molecule has 3 rings (SSSR count). The number of nitrogens with zero attached hydrogens (tertiary/aromatic N) is 1. The third-order valence-corrected chi connectivity index (χ3v) is 4.17. The fraction of sp³-hybridized carbons (Fsp3) is 0.909. The Labute approximate surface area is 85.4 Å². The molecule has 14 heavy (non-hydrogen) atoms. The summed E-state index contributed by atoms with van der Waals surface area (Å²) in [5.41, 5.74) is 0.651. The van der Waals surface area contributed by atoms with Gasteiger partial charge in [-0.25, -0.2) is 4.79 Å². The average molecular weight is 197 g/mol. The van der Waals surface area contributed by atoms with Crippen molar-refractivity contribution in [3.63, 3.8) is 0 Å². The van der Waals surface area contributed by atoms with Gasteiger partial charge in [-0.2, -0.15) is 0 Å². The van der Waals surface area contributed by atoms with Gasteiger partial charge >= 0.3 is 6.09 Å². The Morgan fingerprint density at radius 3 is 2.36 bits per heavy atom. The highest BCUT2D eigenvalue weighted by atomic mass is 16.5. The summed E-state index contributed by atoms with van der Waals surface area (Å²) in [5.74, 6) is 0. The number of hydrogen-bond donors (Lipinski definition) is 0. The number of ether oxygens (including phenoxy) is 1. The lowest BCUT2D eigenvalue weighted by Crippen LogP contribution is -2.44. The summed E-state index contributed by atoms with van der Waals surface area (Å²) >= 11 is 0. The predicted octanol–water partition coefficient (Wildman–Crippen LogP) is 2.26. The first-order valence-corrected chi connectivity index (χ1v) is 5.24. The van der Waals surface area contributed by atoms with Crippen LogP contribution in [0.5, 0.6) is 0 Å². The molecule has 1 amide bonds. The van der Waals surface area contributed by atoms with E-state index in [4.69, 9.17) is 4.74 Å². The molecule has 0 unspecified atom stereocenters. The van der Waals surface area contributed by atoms with E-state index in [1.807, 2.05) is 4.90 Å². The van der Waals surface area contributed by atoms with Gasteiger partial charge in [0.2, 0.25) is 0 Å². The van der Waals surface area contributed by atoms with Crippen molar-refractivity contribution in [3.8, 4) is 0 Å². The molecule has 0 spiro atoms. The number of rotatable bonds is 0. The lowest BCUT2D eigenvalue weighted by atomic mass is 9.56. The molecular weight excluding hydrogens is 178 g/mol. The fourth-order valence-corrected chi connectivity index (χ4v) is 2.83. The topological polar surface area (TPSA) is 29.5 Å². The molecule has 80 valence electrons. The summed E-state index contributed by atoms with van der Waals surface area (Å²) in [5, 5.41) is 0. The maximum Gasteiger partial charge on any atom is 0.409 e. The first-order valence-electron chi connectivity index (χ1n) is 5.24. The molecule has 2 saturated heterocycles. The van der Waals surface area contributed by atoms with Crippen LogP contribution in [0.25, 0.3) is 0 Å². The van der Waals surface area contributed by atoms with Crippen molar-refractivity contribution in [2.24, 2.45) is 10.8 Å². The van der Waals surface area contributed by atoms with Crippen molar-refractivity contribution in [1.82, 2.24) is 4.90 Å². The van der Waals surface area contributed by atoms with Gasteiger partial charge in [-0.1, -0.05) is 20.8 Å². The van der Waals surface area contributed by atoms with E-state index < -0.39 is 0 Å². The second-order valence-corrected chi connectivity index (χ2v) is 5.69. The highest BCUT2D eigenvalue weighted by molar-refractivity contribution is 5.69. The van der Waals surface area contributed by atoms with Crippen LogP contribution in [-0.4, -0.2) is 30.7 Å². The number of hydrogen-bond acceptors (Lipinski definition) is 2. The summed E-state index contributed by atoms with van der Waals surface area (Å²) in [6.07, 6.45) is 2.16. The maximum absolute atomic E-state index is 11.4. The first kappa shape index (κ1) is 9.81. The lowest BCUT2D eigenvalue weighted by molar-refractivity contribution is 0.0416. The Morgan fingerprint density at radius 2 is 2.00 bits per heavy atom. The van der Waals surface area contributed by atoms with Gasteiger partial charge in [0, 0.05) is 12.6 Å². The number of fused-ring (bicyclic) bond motifs is 1. The summed E-state index contributed by atoms with van der Waals surface area (Å²) in [6, 6.07) is 0.446. The van der Waals surface area contributed by atoms with Crippen molar-refractivity contribution in [2.45, 2.75) is 39.7 Å². The molecule has 2 aliphatic heterocycles. The maximum atomic E-state index is 11.4. The van der Waals surface area contributed by atoms with Gasteiger partial charge in [0.15, 0.2) is 0 Å². The van der Waals surface area contributed by atoms with Crippen LogP contribution in [0, 0.1) is 10.8 Å². The molecule has 3 heteroatoms. The van der Waals surface area contributed by atoms with Gasteiger partial charge in [-0.3, -0.25) is 0 Å². The minimum absolute atomic E-state index is 0.154. The van der Waals surface area contributed by atoms with Crippen LogP contribution in [0.3, 0.4) is 0 Å². The SMILES string of the molecule is COC(=O)N1CC2(C(C)(C)C)CC1C2. The summed E-state index contributed by atoms with van der Waals surface area (Å²) in [7, 11) is 1.46. The quantitative estimate of drug-likeness (QED) is 0.596. The van der Waals surface area contributed by atoms with Crippen LogP contribution in [-0.2, 0) is 4.74 Å². The molecule has 3 nitrogen and oxygen atoms in total. The Morgan fingerprint density at radius 1 is 1.43 bits per heavy atom. The van der Waals surface area contributed by atoms with E-state index in [9.17, 15) is 4.79 Å². The Bertz CT molecular complexity index is 261. The van der Waals surface area contributed by atoms with Crippen LogP contribution >= 0.6 is 0 Å². The van der Waals surface area contributed by atoms with E-state index in [0.717, 1.165) is 19.4 Å². The second kappa shape index (κ2) is 2.65. The summed E-state index contributed by atoms with van der Waals surface area (Å²) < 4.78 is 4.78. The Kier molecular flexibility index (Phi) is 1.85. The van der Waals surface area contributed by atoms with Gasteiger partial charge in [-0.15, -0.1) is 0 Å². The third-order valence-electron chi connectivity index (χ3n) is 4.17. The third kappa shape index (κ3) is 1.07. The van der Waals surface area contributed by atoms with Gasteiger partial charge < -0.3 is 9.64 Å². The largest absolute Gasteiger partial charge is 0.453 e. The molecule has 3 fully saturated rings. The van der Waals surface area contributed by atoms with E-state index in [2.05, 4.69) is 20.8 Å². The highest BCUT2D eigenvalue weighted by Crippen LogP contribution is 2.60. The van der Waals surface area contributed by atoms with Crippen molar-refractivity contribution >= 4 is 6.09 Å². The number of methoxy groups -OCH3 is 1. The Balaban J connectivity index is 2.11. The van der Waals surface area contributed by atoms with Crippen LogP contribution < -0.4 is 0 Å². The van der Waals surface area contributed by atoms with Gasteiger partial charge in [0.25, 0.3) is 0 Å². The fourth-order valence-electron chi connectivity index (χ4n) is 2.83. The first-order chi connectivity index (χ1) is 6.39. The van der Waals surface area contributed by atoms with E-state index in [1.54, 1.807) is 0 Å². The van der Waals surface area contributed by atoms with Crippen LogP contribution in [0.15, 0.2) is 0 Å². The molecule has 0 aromatic heterocycles. The van der Waals surface area contributed by atoms with Crippen molar-refractivity contribution in [1.29, 1.82) is 0 Å². The zero-order chi connectivity index (χ0) is 10.6. The molecule has 2 bridgehead atoms. The van der Waals surface area contributed by atoms with Crippen LogP contribution in [0.2, 0.25) is 0 Å². The molecule has 0 aromatic rings. The number of carbonyl (C=O) groups excluding carboxylic acids is 1. The van der Waals surface area contributed by atoms with Gasteiger partial charge in [0.1, 0.15) is 0 Å².